The third kappa shape index (κ3) is 1.74. The summed E-state index contributed by atoms with van der Waals surface area (Å²) in [6.45, 7) is 0. The smallest absolute Gasteiger partial charge is 0.314 e. The first-order valence-corrected chi connectivity index (χ1v) is 6.55. The number of carboxylic acids is 1. The SMILES string of the molecule is O=C(O)C1(c2c(F)ccc3occc23)CCCCC1. The number of hydrogen-bond donors (Lipinski definition) is 1. The Morgan fingerprint density at radius 1 is 1.21 bits per heavy atom. The molecule has 1 saturated carbocycles. The highest BCUT2D eigenvalue weighted by atomic mass is 19.1. The molecular weight excluding hydrogens is 247 g/mol. The number of furan rings is 1. The molecule has 1 aromatic heterocycles. The number of carboxylic acid groups (broad SMARTS) is 1. The number of benzene rings is 1. The molecule has 100 valence electrons. The van der Waals surface area contributed by atoms with Crippen molar-refractivity contribution in [1.82, 2.24) is 0 Å². The summed E-state index contributed by atoms with van der Waals surface area (Å²) in [5.74, 6) is -1.38. The van der Waals surface area contributed by atoms with E-state index in [2.05, 4.69) is 0 Å². The molecule has 1 heterocycles. The maximum absolute atomic E-state index is 14.3. The van der Waals surface area contributed by atoms with Crippen LogP contribution in [0.25, 0.3) is 11.0 Å². The summed E-state index contributed by atoms with van der Waals surface area (Å²) >= 11 is 0. The van der Waals surface area contributed by atoms with Gasteiger partial charge in [-0.25, -0.2) is 4.39 Å². The van der Waals surface area contributed by atoms with Crippen molar-refractivity contribution in [2.75, 3.05) is 0 Å². The summed E-state index contributed by atoms with van der Waals surface area (Å²) in [7, 11) is 0. The molecule has 2 aromatic rings. The van der Waals surface area contributed by atoms with Crippen LogP contribution in [0.4, 0.5) is 4.39 Å². The van der Waals surface area contributed by atoms with E-state index in [1.807, 2.05) is 0 Å². The van der Waals surface area contributed by atoms with Crippen molar-refractivity contribution in [3.05, 3.63) is 35.8 Å². The van der Waals surface area contributed by atoms with Gasteiger partial charge in [-0.05, 0) is 31.0 Å². The molecule has 0 atom stereocenters. The number of fused-ring (bicyclic) bond motifs is 1. The molecule has 1 aliphatic carbocycles. The second-order valence-electron chi connectivity index (χ2n) is 5.20. The zero-order valence-electron chi connectivity index (χ0n) is 10.5. The van der Waals surface area contributed by atoms with Crippen LogP contribution in [0.15, 0.2) is 28.9 Å². The quantitative estimate of drug-likeness (QED) is 0.894. The minimum absolute atomic E-state index is 0.297. The molecule has 0 bridgehead atoms. The minimum Gasteiger partial charge on any atom is -0.481 e. The molecule has 1 aliphatic rings. The average molecular weight is 262 g/mol. The van der Waals surface area contributed by atoms with Crippen LogP contribution in [0.5, 0.6) is 0 Å². The summed E-state index contributed by atoms with van der Waals surface area (Å²) in [6, 6.07) is 4.51. The van der Waals surface area contributed by atoms with Gasteiger partial charge in [-0.1, -0.05) is 19.3 Å². The molecule has 1 aromatic carbocycles. The number of aliphatic carboxylic acids is 1. The Kier molecular flexibility index (Phi) is 2.81. The van der Waals surface area contributed by atoms with Gasteiger partial charge in [0, 0.05) is 10.9 Å². The van der Waals surface area contributed by atoms with E-state index < -0.39 is 17.2 Å². The highest BCUT2D eigenvalue weighted by Crippen LogP contribution is 2.44. The van der Waals surface area contributed by atoms with Crippen LogP contribution >= 0.6 is 0 Å². The van der Waals surface area contributed by atoms with Gasteiger partial charge in [-0.3, -0.25) is 4.79 Å². The molecule has 1 N–H and O–H groups in total. The normalized spacial score (nSPS) is 18.6. The monoisotopic (exact) mass is 262 g/mol. The average Bonchev–Trinajstić information content (AvgIpc) is 2.87. The fourth-order valence-corrected chi connectivity index (χ4v) is 3.23. The van der Waals surface area contributed by atoms with Gasteiger partial charge in [-0.15, -0.1) is 0 Å². The first kappa shape index (κ1) is 12.2. The number of rotatable bonds is 2. The van der Waals surface area contributed by atoms with Crippen molar-refractivity contribution in [3.63, 3.8) is 0 Å². The predicted octanol–water partition coefficient (Wildman–Crippen LogP) is 3.86. The van der Waals surface area contributed by atoms with Gasteiger partial charge in [0.2, 0.25) is 0 Å². The van der Waals surface area contributed by atoms with Crippen LogP contribution < -0.4 is 0 Å². The summed E-state index contributed by atoms with van der Waals surface area (Å²) in [4.78, 5) is 11.8. The number of hydrogen-bond acceptors (Lipinski definition) is 2. The van der Waals surface area contributed by atoms with Gasteiger partial charge in [0.15, 0.2) is 0 Å². The first-order chi connectivity index (χ1) is 9.15. The molecule has 0 amide bonds. The molecule has 0 saturated heterocycles. The number of halogens is 1. The Morgan fingerprint density at radius 2 is 1.95 bits per heavy atom. The molecule has 0 aliphatic heterocycles. The molecule has 3 rings (SSSR count). The standard InChI is InChI=1S/C15H15FO3/c16-11-4-5-12-10(6-9-19-12)13(11)15(14(17)18)7-2-1-3-8-15/h4-6,9H,1-3,7-8H2,(H,17,18). The first-order valence-electron chi connectivity index (χ1n) is 6.55. The maximum Gasteiger partial charge on any atom is 0.314 e. The molecule has 1 fully saturated rings. The van der Waals surface area contributed by atoms with Gasteiger partial charge in [0.05, 0.1) is 11.7 Å². The molecule has 0 radical (unpaired) electrons. The molecule has 19 heavy (non-hydrogen) atoms. The molecule has 4 heteroatoms. The molecule has 3 nitrogen and oxygen atoms in total. The van der Waals surface area contributed by atoms with E-state index in [9.17, 15) is 14.3 Å². The lowest BCUT2D eigenvalue weighted by Crippen LogP contribution is -2.38. The van der Waals surface area contributed by atoms with E-state index in [0.717, 1.165) is 19.3 Å². The van der Waals surface area contributed by atoms with Gasteiger partial charge in [0.1, 0.15) is 11.4 Å². The minimum atomic E-state index is -1.11. The second-order valence-corrected chi connectivity index (χ2v) is 5.20. The van der Waals surface area contributed by atoms with Gasteiger partial charge >= 0.3 is 5.97 Å². The third-order valence-electron chi connectivity index (χ3n) is 4.18. The second kappa shape index (κ2) is 4.37. The van der Waals surface area contributed by atoms with Crippen molar-refractivity contribution in [2.45, 2.75) is 37.5 Å². The fourth-order valence-electron chi connectivity index (χ4n) is 3.23. The van der Waals surface area contributed by atoms with E-state index in [1.54, 1.807) is 12.1 Å². The largest absolute Gasteiger partial charge is 0.481 e. The lowest BCUT2D eigenvalue weighted by atomic mass is 9.68. The Labute approximate surface area is 110 Å². The van der Waals surface area contributed by atoms with Crippen LogP contribution in [-0.4, -0.2) is 11.1 Å². The van der Waals surface area contributed by atoms with Gasteiger partial charge in [0.25, 0.3) is 0 Å². The van der Waals surface area contributed by atoms with Crippen molar-refractivity contribution in [1.29, 1.82) is 0 Å². The van der Waals surface area contributed by atoms with E-state index in [0.29, 0.717) is 29.4 Å². The topological polar surface area (TPSA) is 50.4 Å². The molecule has 0 unspecified atom stereocenters. The van der Waals surface area contributed by atoms with Crippen molar-refractivity contribution in [2.24, 2.45) is 0 Å². The van der Waals surface area contributed by atoms with E-state index in [-0.39, 0.29) is 0 Å². The Balaban J connectivity index is 2.28. The van der Waals surface area contributed by atoms with E-state index in [4.69, 9.17) is 4.42 Å². The Hall–Kier alpha value is -1.84. The van der Waals surface area contributed by atoms with E-state index >= 15 is 0 Å². The fraction of sp³-hybridized carbons (Fsp3) is 0.400. The highest BCUT2D eigenvalue weighted by Gasteiger charge is 2.44. The van der Waals surface area contributed by atoms with Gasteiger partial charge in [-0.2, -0.15) is 0 Å². The molecular formula is C15H15FO3. The van der Waals surface area contributed by atoms with Crippen molar-refractivity contribution >= 4 is 16.9 Å². The summed E-state index contributed by atoms with van der Waals surface area (Å²) in [5.41, 5.74) is -0.264. The lowest BCUT2D eigenvalue weighted by molar-refractivity contribution is -0.145. The lowest BCUT2D eigenvalue weighted by Gasteiger charge is -2.34. The predicted molar refractivity (Wildman–Crippen MR) is 68.6 cm³/mol. The van der Waals surface area contributed by atoms with Crippen molar-refractivity contribution < 1.29 is 18.7 Å². The zero-order chi connectivity index (χ0) is 13.5. The highest BCUT2D eigenvalue weighted by molar-refractivity contribution is 5.91. The Morgan fingerprint density at radius 3 is 2.63 bits per heavy atom. The molecule has 0 spiro atoms. The maximum atomic E-state index is 14.3. The Bertz CT molecular complexity index is 623. The van der Waals surface area contributed by atoms with Crippen LogP contribution in [0, 0.1) is 5.82 Å². The van der Waals surface area contributed by atoms with Crippen LogP contribution in [0.2, 0.25) is 0 Å². The third-order valence-corrected chi connectivity index (χ3v) is 4.18. The summed E-state index contributed by atoms with van der Waals surface area (Å²) in [5, 5.41) is 10.3. The van der Waals surface area contributed by atoms with Crippen LogP contribution in [0.3, 0.4) is 0 Å². The van der Waals surface area contributed by atoms with E-state index in [1.165, 1.54) is 12.3 Å². The van der Waals surface area contributed by atoms with Crippen LogP contribution in [0.1, 0.15) is 37.7 Å². The summed E-state index contributed by atoms with van der Waals surface area (Å²) in [6.07, 6.45) is 5.11. The van der Waals surface area contributed by atoms with Crippen molar-refractivity contribution in [3.8, 4) is 0 Å². The van der Waals surface area contributed by atoms with Gasteiger partial charge < -0.3 is 9.52 Å². The summed E-state index contributed by atoms with van der Waals surface area (Å²) < 4.78 is 19.6. The zero-order valence-corrected chi connectivity index (χ0v) is 10.5. The van der Waals surface area contributed by atoms with Crippen LogP contribution in [-0.2, 0) is 10.2 Å². The number of carbonyl (C=O) groups is 1.